The van der Waals surface area contributed by atoms with Crippen LogP contribution in [0.3, 0.4) is 0 Å². The van der Waals surface area contributed by atoms with Crippen molar-refractivity contribution in [2.45, 2.75) is 0 Å². The topological polar surface area (TPSA) is 37.2 Å². The lowest BCUT2D eigenvalue weighted by Crippen LogP contribution is -2.10. The minimum absolute atomic E-state index is 1.08. The van der Waals surface area contributed by atoms with Gasteiger partial charge < -0.3 is 14.4 Å². The summed E-state index contributed by atoms with van der Waals surface area (Å²) in [5.74, 6) is 0. The summed E-state index contributed by atoms with van der Waals surface area (Å²) in [5, 5.41) is 4.89. The standard InChI is InChI=1S/C54H37N5/c1-4-14-44(15-5-1)57(47-26-22-38(23-27-47)42-12-10-30-55-36-42)49-32-40-20-21-41-33-50(35-52-54(41)53(40)51(34-49)59(52)46-18-8-3-9-19-46)58(45-16-6-2-7-17-45)48-28-24-39(25-29-48)43-13-11-31-56-37-43/h1-37H. The minimum Gasteiger partial charge on any atom is -0.310 e. The van der Waals surface area contributed by atoms with E-state index in [1.807, 2.05) is 36.9 Å². The van der Waals surface area contributed by atoms with E-state index in [0.717, 1.165) is 73.1 Å². The van der Waals surface area contributed by atoms with E-state index in [0.29, 0.717) is 0 Å². The number of benzene rings is 8. The first-order valence-corrected chi connectivity index (χ1v) is 19.9. The summed E-state index contributed by atoms with van der Waals surface area (Å²) in [4.78, 5) is 13.4. The molecule has 0 aliphatic rings. The summed E-state index contributed by atoms with van der Waals surface area (Å²) < 4.78 is 2.45. The maximum atomic E-state index is 4.35. The van der Waals surface area contributed by atoms with E-state index in [1.165, 1.54) is 21.5 Å². The van der Waals surface area contributed by atoms with Crippen LogP contribution in [0.25, 0.3) is 60.5 Å². The fourth-order valence-electron chi connectivity index (χ4n) is 8.57. The zero-order valence-electron chi connectivity index (χ0n) is 32.1. The van der Waals surface area contributed by atoms with Crippen molar-refractivity contribution >= 4 is 66.7 Å². The summed E-state index contributed by atoms with van der Waals surface area (Å²) in [5.41, 5.74) is 14.4. The number of para-hydroxylation sites is 3. The summed E-state index contributed by atoms with van der Waals surface area (Å²) in [7, 11) is 0. The summed E-state index contributed by atoms with van der Waals surface area (Å²) in [6.45, 7) is 0. The molecule has 0 saturated heterocycles. The molecule has 0 radical (unpaired) electrons. The highest BCUT2D eigenvalue weighted by Gasteiger charge is 2.23. The van der Waals surface area contributed by atoms with Crippen LogP contribution in [0.5, 0.6) is 0 Å². The number of hydrogen-bond acceptors (Lipinski definition) is 4. The van der Waals surface area contributed by atoms with Crippen molar-refractivity contribution in [2.75, 3.05) is 9.80 Å². The molecule has 3 heterocycles. The number of pyridine rings is 2. The Morgan fingerprint density at radius 3 is 1.14 bits per heavy atom. The molecule has 0 amide bonds. The highest BCUT2D eigenvalue weighted by Crippen LogP contribution is 2.47. The van der Waals surface area contributed by atoms with Crippen molar-refractivity contribution in [3.8, 4) is 27.9 Å². The predicted molar refractivity (Wildman–Crippen MR) is 245 cm³/mol. The van der Waals surface area contributed by atoms with Gasteiger partial charge in [-0.05, 0) is 130 Å². The average Bonchev–Trinajstić information content (AvgIpc) is 3.65. The Labute approximate surface area is 342 Å². The molecule has 11 aromatic rings. The monoisotopic (exact) mass is 755 g/mol. The lowest BCUT2D eigenvalue weighted by Gasteiger charge is -2.26. The average molecular weight is 756 g/mol. The molecule has 0 fully saturated rings. The summed E-state index contributed by atoms with van der Waals surface area (Å²) in [6, 6.07) is 71.8. The predicted octanol–water partition coefficient (Wildman–Crippen LogP) is 14.4. The number of hydrogen-bond donors (Lipinski definition) is 0. The van der Waals surface area contributed by atoms with E-state index in [9.17, 15) is 0 Å². The van der Waals surface area contributed by atoms with E-state index in [2.05, 4.69) is 212 Å². The van der Waals surface area contributed by atoms with E-state index < -0.39 is 0 Å². The van der Waals surface area contributed by atoms with Gasteiger partial charge in [0, 0.05) is 75.4 Å². The Hall–Kier alpha value is -8.02. The highest BCUT2D eigenvalue weighted by molar-refractivity contribution is 6.26. The minimum atomic E-state index is 1.08. The van der Waals surface area contributed by atoms with Gasteiger partial charge in [-0.3, -0.25) is 9.97 Å². The van der Waals surface area contributed by atoms with Crippen molar-refractivity contribution in [3.63, 3.8) is 0 Å². The van der Waals surface area contributed by atoms with Crippen LogP contribution in [0.2, 0.25) is 0 Å². The molecule has 0 spiro atoms. The third-order valence-corrected chi connectivity index (χ3v) is 11.2. The van der Waals surface area contributed by atoms with Crippen LogP contribution in [-0.2, 0) is 0 Å². The van der Waals surface area contributed by atoms with Gasteiger partial charge in [-0.15, -0.1) is 0 Å². The Morgan fingerprint density at radius 1 is 0.322 bits per heavy atom. The van der Waals surface area contributed by atoms with Crippen LogP contribution >= 0.6 is 0 Å². The quantitative estimate of drug-likeness (QED) is 0.138. The van der Waals surface area contributed by atoms with Gasteiger partial charge in [-0.2, -0.15) is 0 Å². The second kappa shape index (κ2) is 14.5. The zero-order valence-corrected chi connectivity index (χ0v) is 32.1. The normalized spacial score (nSPS) is 11.4. The van der Waals surface area contributed by atoms with Crippen LogP contribution in [0, 0.1) is 0 Å². The molecular formula is C54H37N5. The van der Waals surface area contributed by atoms with E-state index >= 15 is 0 Å². The van der Waals surface area contributed by atoms with Gasteiger partial charge in [0.1, 0.15) is 0 Å². The van der Waals surface area contributed by atoms with Crippen molar-refractivity contribution in [1.29, 1.82) is 0 Å². The van der Waals surface area contributed by atoms with Crippen molar-refractivity contribution in [3.05, 3.63) is 225 Å². The molecule has 0 bridgehead atoms. The van der Waals surface area contributed by atoms with E-state index in [1.54, 1.807) is 0 Å². The maximum absolute atomic E-state index is 4.35. The third-order valence-electron chi connectivity index (χ3n) is 11.2. The molecule has 11 rings (SSSR count). The summed E-state index contributed by atoms with van der Waals surface area (Å²) in [6.07, 6.45) is 7.45. The number of rotatable bonds is 9. The van der Waals surface area contributed by atoms with Gasteiger partial charge in [0.15, 0.2) is 0 Å². The first-order valence-electron chi connectivity index (χ1n) is 19.9. The van der Waals surface area contributed by atoms with Gasteiger partial charge in [0.25, 0.3) is 0 Å². The van der Waals surface area contributed by atoms with Crippen molar-refractivity contribution < 1.29 is 0 Å². The molecule has 0 saturated carbocycles. The lowest BCUT2D eigenvalue weighted by molar-refractivity contribution is 1.17. The van der Waals surface area contributed by atoms with Crippen LogP contribution < -0.4 is 9.80 Å². The molecule has 0 aliphatic carbocycles. The molecular weight excluding hydrogens is 719 g/mol. The molecule has 0 unspecified atom stereocenters. The molecule has 0 atom stereocenters. The molecule has 5 nitrogen and oxygen atoms in total. The molecule has 0 aliphatic heterocycles. The second-order valence-electron chi connectivity index (χ2n) is 14.8. The Balaban J connectivity index is 1.12. The van der Waals surface area contributed by atoms with E-state index in [-0.39, 0.29) is 0 Å². The summed E-state index contributed by atoms with van der Waals surface area (Å²) >= 11 is 0. The molecule has 0 N–H and O–H groups in total. The van der Waals surface area contributed by atoms with Crippen LogP contribution in [0.15, 0.2) is 225 Å². The Morgan fingerprint density at radius 2 is 0.729 bits per heavy atom. The number of nitrogens with zero attached hydrogens (tertiary/aromatic N) is 5. The second-order valence-corrected chi connectivity index (χ2v) is 14.8. The number of anilines is 6. The Kier molecular flexibility index (Phi) is 8.41. The fraction of sp³-hybridized carbons (Fsp3) is 0. The molecule has 8 aromatic carbocycles. The van der Waals surface area contributed by atoms with Crippen molar-refractivity contribution in [1.82, 2.24) is 14.5 Å². The van der Waals surface area contributed by atoms with Crippen LogP contribution in [0.4, 0.5) is 34.1 Å². The van der Waals surface area contributed by atoms with Crippen LogP contribution in [-0.4, -0.2) is 14.5 Å². The van der Waals surface area contributed by atoms with Crippen LogP contribution in [0.1, 0.15) is 0 Å². The van der Waals surface area contributed by atoms with Crippen molar-refractivity contribution in [2.24, 2.45) is 0 Å². The molecule has 278 valence electrons. The SMILES string of the molecule is c1ccc(N(c2ccc(-c3cccnc3)cc2)c2cc3ccc4cc(N(c5ccccc5)c5ccc(-c6cccnc6)cc5)cc5c4c3c(c2)n5-c2ccccc2)cc1. The highest BCUT2D eigenvalue weighted by atomic mass is 15.2. The van der Waals surface area contributed by atoms with E-state index in [4.69, 9.17) is 0 Å². The first-order chi connectivity index (χ1) is 29.3. The maximum Gasteiger partial charge on any atom is 0.0568 e. The van der Waals surface area contributed by atoms with Gasteiger partial charge in [0.2, 0.25) is 0 Å². The lowest BCUT2D eigenvalue weighted by atomic mass is 9.99. The molecule has 59 heavy (non-hydrogen) atoms. The smallest absolute Gasteiger partial charge is 0.0568 e. The largest absolute Gasteiger partial charge is 0.310 e. The fourth-order valence-corrected chi connectivity index (χ4v) is 8.57. The zero-order chi connectivity index (χ0) is 39.1. The third kappa shape index (κ3) is 6.13. The van der Waals surface area contributed by atoms with Gasteiger partial charge in [-0.1, -0.05) is 103 Å². The molecule has 5 heteroatoms. The first kappa shape index (κ1) is 34.2. The molecule has 3 aromatic heterocycles. The number of aromatic nitrogens is 3. The van der Waals surface area contributed by atoms with Gasteiger partial charge in [0.05, 0.1) is 11.0 Å². The Bertz CT molecular complexity index is 2970. The van der Waals surface area contributed by atoms with Gasteiger partial charge in [-0.25, -0.2) is 0 Å². The van der Waals surface area contributed by atoms with Gasteiger partial charge >= 0.3 is 0 Å².